The monoisotopic (exact) mass is 421 g/mol. The number of aromatic nitrogens is 1. The third-order valence-electron chi connectivity index (χ3n) is 4.48. The van der Waals surface area contributed by atoms with Gasteiger partial charge in [-0.1, -0.05) is 12.1 Å². The van der Waals surface area contributed by atoms with Gasteiger partial charge in [-0.15, -0.1) is 0 Å². The maximum absolute atomic E-state index is 12.8. The van der Waals surface area contributed by atoms with Gasteiger partial charge in [-0.2, -0.15) is 0 Å². The molecule has 0 aliphatic rings. The maximum Gasteiger partial charge on any atom is 0.339 e. The van der Waals surface area contributed by atoms with Crippen LogP contribution in [0.5, 0.6) is 5.75 Å². The van der Waals surface area contributed by atoms with Gasteiger partial charge in [-0.3, -0.25) is 19.9 Å². The molecule has 31 heavy (non-hydrogen) atoms. The molecule has 0 unspecified atom stereocenters. The van der Waals surface area contributed by atoms with Gasteiger partial charge in [-0.05, 0) is 36.4 Å². The number of methoxy groups -OCH3 is 1. The molecular formula is C22H19N3O6. The van der Waals surface area contributed by atoms with E-state index in [-0.39, 0.29) is 18.2 Å². The molecule has 1 heterocycles. The molecule has 0 atom stereocenters. The number of para-hydroxylation sites is 2. The van der Waals surface area contributed by atoms with Gasteiger partial charge in [0.15, 0.2) is 0 Å². The molecular weight excluding hydrogens is 402 g/mol. The number of non-ortho nitro benzene ring substituents is 1. The van der Waals surface area contributed by atoms with Crippen LogP contribution in [0.25, 0.3) is 0 Å². The fourth-order valence-corrected chi connectivity index (χ4v) is 2.79. The quantitative estimate of drug-likeness (QED) is 0.325. The Morgan fingerprint density at radius 3 is 2.32 bits per heavy atom. The number of amides is 1. The minimum atomic E-state index is -0.521. The molecule has 3 aromatic rings. The van der Waals surface area contributed by atoms with Crippen molar-refractivity contribution < 1.29 is 24.0 Å². The summed E-state index contributed by atoms with van der Waals surface area (Å²) in [5, 5.41) is 10.8. The number of benzene rings is 2. The average molecular weight is 421 g/mol. The molecule has 9 heteroatoms. The number of rotatable bonds is 7. The Kier molecular flexibility index (Phi) is 6.56. The number of anilines is 1. The van der Waals surface area contributed by atoms with E-state index in [0.717, 1.165) is 0 Å². The number of carbonyl (C=O) groups excluding carboxylic acids is 2. The van der Waals surface area contributed by atoms with E-state index in [9.17, 15) is 19.7 Å². The number of esters is 1. The van der Waals surface area contributed by atoms with Crippen LogP contribution in [0.4, 0.5) is 11.4 Å². The zero-order chi connectivity index (χ0) is 22.4. The van der Waals surface area contributed by atoms with E-state index in [1.54, 1.807) is 43.4 Å². The van der Waals surface area contributed by atoms with Crippen LogP contribution in [0, 0.1) is 10.1 Å². The first kappa shape index (κ1) is 21.4. The van der Waals surface area contributed by atoms with Crippen LogP contribution in [0.15, 0.2) is 66.9 Å². The number of hydrogen-bond donors (Lipinski definition) is 0. The van der Waals surface area contributed by atoms with E-state index in [0.29, 0.717) is 28.3 Å². The van der Waals surface area contributed by atoms with Crippen molar-refractivity contribution in [3.8, 4) is 5.75 Å². The average Bonchev–Trinajstić information content (AvgIpc) is 2.81. The highest BCUT2D eigenvalue weighted by Crippen LogP contribution is 2.29. The lowest BCUT2D eigenvalue weighted by Crippen LogP contribution is -2.26. The van der Waals surface area contributed by atoms with Crippen molar-refractivity contribution in [2.75, 3.05) is 19.1 Å². The number of nitro groups is 1. The second-order valence-corrected chi connectivity index (χ2v) is 6.45. The number of nitro benzene ring substituents is 1. The van der Waals surface area contributed by atoms with Gasteiger partial charge in [0.05, 0.1) is 29.0 Å². The molecule has 0 fully saturated rings. The zero-order valence-corrected chi connectivity index (χ0v) is 16.8. The van der Waals surface area contributed by atoms with Gasteiger partial charge in [0.1, 0.15) is 12.4 Å². The van der Waals surface area contributed by atoms with Gasteiger partial charge in [0, 0.05) is 30.9 Å². The first-order valence-corrected chi connectivity index (χ1v) is 9.18. The Morgan fingerprint density at radius 2 is 1.71 bits per heavy atom. The Balaban J connectivity index is 1.74. The standard InChI is InChI=1S/C22H19N3O6/c1-24(21(26)15-8-11-18(12-9-15)25(28)29)19-5-3-4-6-20(19)31-14-17-10-7-16(13-23-17)22(27)30-2/h3-13H,14H2,1-2H3. The van der Waals surface area contributed by atoms with E-state index < -0.39 is 10.9 Å². The van der Waals surface area contributed by atoms with Crippen molar-refractivity contribution in [2.45, 2.75) is 6.61 Å². The Hall–Kier alpha value is -4.27. The first-order chi connectivity index (χ1) is 14.9. The van der Waals surface area contributed by atoms with Crippen molar-refractivity contribution in [1.82, 2.24) is 4.98 Å². The molecule has 0 saturated carbocycles. The van der Waals surface area contributed by atoms with Gasteiger partial charge in [0.25, 0.3) is 11.6 Å². The molecule has 0 radical (unpaired) electrons. The Labute approximate surface area is 178 Å². The van der Waals surface area contributed by atoms with E-state index >= 15 is 0 Å². The van der Waals surface area contributed by atoms with Crippen LogP contribution in [-0.2, 0) is 11.3 Å². The highest BCUT2D eigenvalue weighted by atomic mass is 16.6. The molecule has 158 valence electrons. The highest BCUT2D eigenvalue weighted by molar-refractivity contribution is 6.06. The molecule has 0 saturated heterocycles. The summed E-state index contributed by atoms with van der Waals surface area (Å²) in [4.78, 5) is 40.2. The first-order valence-electron chi connectivity index (χ1n) is 9.18. The molecule has 0 bridgehead atoms. The molecule has 0 spiro atoms. The van der Waals surface area contributed by atoms with Crippen LogP contribution >= 0.6 is 0 Å². The van der Waals surface area contributed by atoms with Crippen molar-refractivity contribution in [3.05, 3.63) is 93.8 Å². The van der Waals surface area contributed by atoms with E-state index in [2.05, 4.69) is 9.72 Å². The largest absolute Gasteiger partial charge is 0.485 e. The number of carbonyl (C=O) groups is 2. The summed E-state index contributed by atoms with van der Waals surface area (Å²) in [5.74, 6) is -0.359. The van der Waals surface area contributed by atoms with Crippen molar-refractivity contribution in [1.29, 1.82) is 0 Å². The fraction of sp³-hybridized carbons (Fsp3) is 0.136. The molecule has 0 aliphatic heterocycles. The minimum absolute atomic E-state index is 0.0892. The third kappa shape index (κ3) is 5.02. The topological polar surface area (TPSA) is 112 Å². The number of ether oxygens (including phenoxy) is 2. The van der Waals surface area contributed by atoms with Gasteiger partial charge < -0.3 is 14.4 Å². The van der Waals surface area contributed by atoms with Crippen LogP contribution < -0.4 is 9.64 Å². The molecule has 0 N–H and O–H groups in total. The number of hydrogen-bond acceptors (Lipinski definition) is 7. The minimum Gasteiger partial charge on any atom is -0.485 e. The molecule has 9 nitrogen and oxygen atoms in total. The number of pyridine rings is 1. The summed E-state index contributed by atoms with van der Waals surface area (Å²) >= 11 is 0. The van der Waals surface area contributed by atoms with Crippen molar-refractivity contribution in [2.24, 2.45) is 0 Å². The smallest absolute Gasteiger partial charge is 0.339 e. The fourth-order valence-electron chi connectivity index (χ4n) is 2.79. The lowest BCUT2D eigenvalue weighted by Gasteiger charge is -2.20. The van der Waals surface area contributed by atoms with Crippen LogP contribution in [0.3, 0.4) is 0 Å². The predicted octanol–water partition coefficient (Wildman–Crippen LogP) is 3.63. The summed E-state index contributed by atoms with van der Waals surface area (Å²) in [6.07, 6.45) is 1.40. The third-order valence-corrected chi connectivity index (χ3v) is 4.48. The molecule has 1 amide bonds. The van der Waals surface area contributed by atoms with Crippen LogP contribution in [0.2, 0.25) is 0 Å². The second-order valence-electron chi connectivity index (χ2n) is 6.45. The molecule has 3 rings (SSSR count). The van der Waals surface area contributed by atoms with Gasteiger partial charge in [-0.25, -0.2) is 4.79 Å². The summed E-state index contributed by atoms with van der Waals surface area (Å²) in [6.45, 7) is 0.123. The Bertz CT molecular complexity index is 1100. The normalized spacial score (nSPS) is 10.3. The summed E-state index contributed by atoms with van der Waals surface area (Å²) < 4.78 is 10.5. The molecule has 1 aromatic heterocycles. The van der Waals surface area contributed by atoms with E-state index in [4.69, 9.17) is 4.74 Å². The predicted molar refractivity (Wildman–Crippen MR) is 112 cm³/mol. The summed E-state index contributed by atoms with van der Waals surface area (Å²) in [6, 6.07) is 15.6. The SMILES string of the molecule is COC(=O)c1ccc(COc2ccccc2N(C)C(=O)c2ccc([N+](=O)[O-])cc2)nc1. The Morgan fingerprint density at radius 1 is 1.03 bits per heavy atom. The molecule has 0 aliphatic carbocycles. The highest BCUT2D eigenvalue weighted by Gasteiger charge is 2.18. The zero-order valence-electron chi connectivity index (χ0n) is 16.8. The summed E-state index contributed by atoms with van der Waals surface area (Å²) in [7, 11) is 2.89. The van der Waals surface area contributed by atoms with Gasteiger partial charge in [0.2, 0.25) is 0 Å². The maximum atomic E-state index is 12.8. The summed E-state index contributed by atoms with van der Waals surface area (Å²) in [5.41, 5.74) is 1.67. The lowest BCUT2D eigenvalue weighted by atomic mass is 10.1. The second kappa shape index (κ2) is 9.49. The molecule has 2 aromatic carbocycles. The van der Waals surface area contributed by atoms with E-state index in [1.807, 2.05) is 0 Å². The van der Waals surface area contributed by atoms with Crippen LogP contribution in [0.1, 0.15) is 26.4 Å². The lowest BCUT2D eigenvalue weighted by molar-refractivity contribution is -0.384. The van der Waals surface area contributed by atoms with Crippen molar-refractivity contribution in [3.63, 3.8) is 0 Å². The van der Waals surface area contributed by atoms with Crippen molar-refractivity contribution >= 4 is 23.3 Å². The number of nitrogens with zero attached hydrogens (tertiary/aromatic N) is 3. The van der Waals surface area contributed by atoms with E-state index in [1.165, 1.54) is 42.5 Å². The van der Waals surface area contributed by atoms with Gasteiger partial charge >= 0.3 is 5.97 Å². The van der Waals surface area contributed by atoms with Crippen LogP contribution in [-0.4, -0.2) is 35.9 Å².